The van der Waals surface area contributed by atoms with E-state index in [-0.39, 0.29) is 12.3 Å². The number of carbonyl (C=O) groups is 2. The van der Waals surface area contributed by atoms with Crippen molar-refractivity contribution in [2.24, 2.45) is 5.92 Å². The van der Waals surface area contributed by atoms with Crippen LogP contribution in [0.1, 0.15) is 30.9 Å². The number of rotatable bonds is 7. The van der Waals surface area contributed by atoms with Gasteiger partial charge >= 0.3 is 11.7 Å². The molecule has 0 bridgehead atoms. The first kappa shape index (κ1) is 19.8. The number of nitrogens with one attached hydrogen (secondary N) is 1. The number of phenolic OH excluding ortho intramolecular Hbond substituents is 1. The van der Waals surface area contributed by atoms with Crippen LogP contribution in [-0.4, -0.2) is 32.0 Å². The summed E-state index contributed by atoms with van der Waals surface area (Å²) in [5.74, 6) is -2.31. The summed E-state index contributed by atoms with van der Waals surface area (Å²) in [4.78, 5) is 37.2. The van der Waals surface area contributed by atoms with E-state index in [9.17, 15) is 24.8 Å². The van der Waals surface area contributed by atoms with Crippen LogP contribution in [0.4, 0.5) is 11.5 Å². The minimum atomic E-state index is -0.897. The first-order chi connectivity index (χ1) is 12.7. The molecule has 0 aliphatic heterocycles. The number of aromatic hydroxyl groups is 1. The van der Waals surface area contributed by atoms with E-state index in [1.165, 1.54) is 18.3 Å². The highest BCUT2D eigenvalue weighted by Crippen LogP contribution is 2.27. The third-order valence-corrected chi connectivity index (χ3v) is 4.32. The molecule has 0 fully saturated rings. The van der Waals surface area contributed by atoms with Crippen molar-refractivity contribution < 1.29 is 24.7 Å². The predicted octanol–water partition coefficient (Wildman–Crippen LogP) is 2.70. The van der Waals surface area contributed by atoms with Gasteiger partial charge in [-0.2, -0.15) is 0 Å². The molecule has 142 valence electrons. The number of amides is 1. The molecule has 2 aromatic rings. The summed E-state index contributed by atoms with van der Waals surface area (Å²) in [5.41, 5.74) is 0.723. The van der Waals surface area contributed by atoms with E-state index in [2.05, 4.69) is 10.3 Å². The maximum Gasteiger partial charge on any atom is 0.310 e. The zero-order chi connectivity index (χ0) is 20.1. The lowest BCUT2D eigenvalue weighted by Crippen LogP contribution is -2.18. The van der Waals surface area contributed by atoms with Gasteiger partial charge in [-0.25, -0.2) is 4.98 Å². The van der Waals surface area contributed by atoms with Crippen LogP contribution in [0.3, 0.4) is 0 Å². The van der Waals surface area contributed by atoms with Crippen molar-refractivity contribution in [1.82, 2.24) is 4.98 Å². The van der Waals surface area contributed by atoms with Crippen LogP contribution >= 0.6 is 0 Å². The highest BCUT2D eigenvalue weighted by atomic mass is 16.6. The molecule has 0 saturated carbocycles. The van der Waals surface area contributed by atoms with Gasteiger partial charge in [0.25, 0.3) is 0 Å². The molecule has 2 rings (SSSR count). The predicted molar refractivity (Wildman–Crippen MR) is 96.5 cm³/mol. The van der Waals surface area contributed by atoms with E-state index in [1.807, 2.05) is 0 Å². The lowest BCUT2D eigenvalue weighted by atomic mass is 9.90. The van der Waals surface area contributed by atoms with Crippen molar-refractivity contribution >= 4 is 23.4 Å². The maximum atomic E-state index is 12.1. The van der Waals surface area contributed by atoms with Crippen molar-refractivity contribution in [1.29, 1.82) is 0 Å². The Labute approximate surface area is 154 Å². The summed E-state index contributed by atoms with van der Waals surface area (Å²) in [6, 6.07) is 6.97. The number of carboxylic acids is 1. The Morgan fingerprint density at radius 3 is 2.48 bits per heavy atom. The molecule has 0 spiro atoms. The number of pyridine rings is 1. The summed E-state index contributed by atoms with van der Waals surface area (Å²) in [7, 11) is 0. The molecule has 0 aliphatic carbocycles. The van der Waals surface area contributed by atoms with Crippen LogP contribution in [0.2, 0.25) is 0 Å². The Balaban J connectivity index is 2.01. The number of aliphatic carboxylic acids is 1. The number of hydrogen-bond acceptors (Lipinski definition) is 6. The van der Waals surface area contributed by atoms with E-state index in [4.69, 9.17) is 5.11 Å². The molecule has 2 atom stereocenters. The number of carbonyl (C=O) groups excluding carboxylic acids is 1. The highest BCUT2D eigenvalue weighted by Gasteiger charge is 2.21. The van der Waals surface area contributed by atoms with Crippen LogP contribution in [0.25, 0.3) is 0 Å². The van der Waals surface area contributed by atoms with Gasteiger partial charge < -0.3 is 15.5 Å². The molecule has 0 saturated heterocycles. The Hall–Kier alpha value is -3.49. The summed E-state index contributed by atoms with van der Waals surface area (Å²) >= 11 is 0. The standard InChI is InChI=1S/C18H19N3O6/c1-10(11(2)18(24)25)13-4-6-16(19-9-13)20-17(23)8-12-3-5-14(21(26)27)15(22)7-12/h3-7,9-11,22H,8H2,1-2H3,(H,24,25)(H,19,20,23). The molecule has 9 nitrogen and oxygen atoms in total. The van der Waals surface area contributed by atoms with Crippen molar-refractivity contribution in [3.63, 3.8) is 0 Å². The zero-order valence-electron chi connectivity index (χ0n) is 14.7. The molecule has 1 amide bonds. The number of benzene rings is 1. The van der Waals surface area contributed by atoms with Gasteiger partial charge in [0.1, 0.15) is 5.82 Å². The van der Waals surface area contributed by atoms with Crippen LogP contribution in [-0.2, 0) is 16.0 Å². The van der Waals surface area contributed by atoms with E-state index >= 15 is 0 Å². The molecule has 1 aromatic carbocycles. The van der Waals surface area contributed by atoms with Crippen molar-refractivity contribution in [3.05, 3.63) is 57.8 Å². The molecular formula is C18H19N3O6. The van der Waals surface area contributed by atoms with Crippen LogP contribution < -0.4 is 5.32 Å². The number of anilines is 1. The Morgan fingerprint density at radius 2 is 1.96 bits per heavy atom. The van der Waals surface area contributed by atoms with Crippen molar-refractivity contribution in [2.75, 3.05) is 5.32 Å². The molecular weight excluding hydrogens is 354 g/mol. The monoisotopic (exact) mass is 373 g/mol. The second kappa shape index (κ2) is 8.26. The van der Waals surface area contributed by atoms with Crippen molar-refractivity contribution in [2.45, 2.75) is 26.2 Å². The number of aromatic nitrogens is 1. The average Bonchev–Trinajstić information content (AvgIpc) is 2.60. The first-order valence-electron chi connectivity index (χ1n) is 8.14. The van der Waals surface area contributed by atoms with Crippen LogP contribution in [0.5, 0.6) is 5.75 Å². The third kappa shape index (κ3) is 5.00. The maximum absolute atomic E-state index is 12.1. The number of carboxylic acid groups (broad SMARTS) is 1. The highest BCUT2D eigenvalue weighted by molar-refractivity contribution is 5.91. The fraction of sp³-hybridized carbons (Fsp3) is 0.278. The summed E-state index contributed by atoms with van der Waals surface area (Å²) in [6.45, 7) is 3.40. The Bertz CT molecular complexity index is 866. The minimum absolute atomic E-state index is 0.0958. The van der Waals surface area contributed by atoms with E-state index < -0.39 is 34.2 Å². The van der Waals surface area contributed by atoms with Gasteiger partial charge in [-0.3, -0.25) is 19.7 Å². The lowest BCUT2D eigenvalue weighted by molar-refractivity contribution is -0.385. The molecule has 0 aliphatic rings. The number of nitro groups is 1. The number of phenols is 1. The van der Waals surface area contributed by atoms with Crippen LogP contribution in [0.15, 0.2) is 36.5 Å². The smallest absolute Gasteiger partial charge is 0.310 e. The first-order valence-corrected chi connectivity index (χ1v) is 8.14. The Morgan fingerprint density at radius 1 is 1.26 bits per heavy atom. The number of nitrogens with zero attached hydrogens (tertiary/aromatic N) is 2. The quantitative estimate of drug-likeness (QED) is 0.500. The van der Waals surface area contributed by atoms with Crippen LogP contribution in [0, 0.1) is 16.0 Å². The normalized spacial score (nSPS) is 12.8. The second-order valence-corrected chi connectivity index (χ2v) is 6.20. The van der Waals surface area contributed by atoms with Gasteiger partial charge in [-0.1, -0.05) is 26.0 Å². The third-order valence-electron chi connectivity index (χ3n) is 4.32. The van der Waals surface area contributed by atoms with Gasteiger partial charge in [-0.05, 0) is 29.2 Å². The second-order valence-electron chi connectivity index (χ2n) is 6.20. The van der Waals surface area contributed by atoms with Gasteiger partial charge in [-0.15, -0.1) is 0 Å². The van der Waals surface area contributed by atoms with Gasteiger partial charge in [0.15, 0.2) is 5.75 Å². The zero-order valence-corrected chi connectivity index (χ0v) is 14.7. The minimum Gasteiger partial charge on any atom is -0.502 e. The number of hydrogen-bond donors (Lipinski definition) is 3. The van der Waals surface area contributed by atoms with E-state index in [0.29, 0.717) is 11.4 Å². The molecule has 9 heteroatoms. The molecule has 27 heavy (non-hydrogen) atoms. The summed E-state index contributed by atoms with van der Waals surface area (Å²) in [5, 5.41) is 31.9. The molecule has 3 N–H and O–H groups in total. The molecule has 1 aromatic heterocycles. The van der Waals surface area contributed by atoms with Crippen molar-refractivity contribution in [3.8, 4) is 5.75 Å². The average molecular weight is 373 g/mol. The van der Waals surface area contributed by atoms with E-state index in [0.717, 1.165) is 11.6 Å². The SMILES string of the molecule is CC(C(=O)O)C(C)c1ccc(NC(=O)Cc2ccc([N+](=O)[O-])c(O)c2)nc1. The topological polar surface area (TPSA) is 143 Å². The fourth-order valence-electron chi connectivity index (χ4n) is 2.46. The lowest BCUT2D eigenvalue weighted by Gasteiger charge is -2.16. The largest absolute Gasteiger partial charge is 0.502 e. The summed E-state index contributed by atoms with van der Waals surface area (Å²) in [6.07, 6.45) is 1.42. The fourth-order valence-corrected chi connectivity index (χ4v) is 2.46. The molecule has 0 radical (unpaired) electrons. The van der Waals surface area contributed by atoms with Gasteiger partial charge in [0.2, 0.25) is 5.91 Å². The Kier molecular flexibility index (Phi) is 6.07. The summed E-state index contributed by atoms with van der Waals surface area (Å²) < 4.78 is 0. The van der Waals surface area contributed by atoms with E-state index in [1.54, 1.807) is 26.0 Å². The molecule has 1 heterocycles. The molecule has 2 unspecified atom stereocenters. The number of nitro benzene ring substituents is 1. The van der Waals surface area contributed by atoms with Gasteiger partial charge in [0, 0.05) is 12.3 Å². The van der Waals surface area contributed by atoms with Gasteiger partial charge in [0.05, 0.1) is 17.3 Å².